The average molecular weight is 519 g/mol. The number of methoxy groups -OCH3 is 1. The van der Waals surface area contributed by atoms with E-state index in [0.29, 0.717) is 32.1 Å². The van der Waals surface area contributed by atoms with Gasteiger partial charge in [0.25, 0.3) is 0 Å². The predicted octanol–water partition coefficient (Wildman–Crippen LogP) is 5.90. The molecule has 0 radical (unpaired) electrons. The van der Waals surface area contributed by atoms with Crippen molar-refractivity contribution in [2.45, 2.75) is 64.6 Å². The summed E-state index contributed by atoms with van der Waals surface area (Å²) in [4.78, 5) is 25.3. The van der Waals surface area contributed by atoms with Crippen LogP contribution in [0.25, 0.3) is 10.1 Å². The maximum atomic E-state index is 13.0. The fourth-order valence-corrected chi connectivity index (χ4v) is 6.23. The first-order valence-electron chi connectivity index (χ1n) is 12.1. The van der Waals surface area contributed by atoms with Crippen LogP contribution in [0.3, 0.4) is 0 Å². The highest BCUT2D eigenvalue weighted by Gasteiger charge is 2.52. The number of allylic oxidation sites excluding steroid dienone is 2. The van der Waals surface area contributed by atoms with Gasteiger partial charge in [0.2, 0.25) is 0 Å². The first kappa shape index (κ1) is 27.6. The number of unbranched alkanes of at least 4 members (excludes halogenated alkanes) is 1. The lowest BCUT2D eigenvalue weighted by Crippen LogP contribution is -2.31. The predicted molar refractivity (Wildman–Crippen MR) is 142 cm³/mol. The minimum Gasteiger partial charge on any atom is -0.469 e. The molecule has 0 aliphatic heterocycles. The fourth-order valence-electron chi connectivity index (χ4n) is 4.69. The van der Waals surface area contributed by atoms with Crippen LogP contribution in [-0.4, -0.2) is 41.3 Å². The molecule has 1 fully saturated rings. The van der Waals surface area contributed by atoms with Gasteiger partial charge in [0, 0.05) is 33.2 Å². The minimum atomic E-state index is -0.839. The summed E-state index contributed by atoms with van der Waals surface area (Å²) in [6, 6.07) is 7.99. The summed E-state index contributed by atoms with van der Waals surface area (Å²) in [6.07, 6.45) is 9.38. The topological polar surface area (TPSA) is 83.8 Å². The van der Waals surface area contributed by atoms with Crippen molar-refractivity contribution in [3.63, 3.8) is 0 Å². The number of carbonyl (C=O) groups excluding carboxylic acids is 2. The maximum absolute atomic E-state index is 13.0. The monoisotopic (exact) mass is 518 g/mol. The normalized spacial score (nSPS) is 23.0. The molecular formula is C28H35ClO5S. The van der Waals surface area contributed by atoms with Gasteiger partial charge in [-0.1, -0.05) is 68.0 Å². The van der Waals surface area contributed by atoms with Crippen molar-refractivity contribution in [3.8, 4) is 0 Å². The van der Waals surface area contributed by atoms with E-state index in [0.717, 1.165) is 26.4 Å². The second-order valence-corrected chi connectivity index (χ2v) is 11.2. The Morgan fingerprint density at radius 2 is 2.03 bits per heavy atom. The third-order valence-corrected chi connectivity index (χ3v) is 8.67. The second-order valence-electron chi connectivity index (χ2n) is 9.72. The number of halogens is 1. The van der Waals surface area contributed by atoms with Crippen LogP contribution in [0, 0.1) is 17.3 Å². The molecule has 5 nitrogen and oxygen atoms in total. The highest BCUT2D eigenvalue weighted by atomic mass is 35.5. The van der Waals surface area contributed by atoms with E-state index >= 15 is 0 Å². The Morgan fingerprint density at radius 1 is 1.29 bits per heavy atom. The van der Waals surface area contributed by atoms with Crippen LogP contribution < -0.4 is 0 Å². The molecule has 1 unspecified atom stereocenters. The number of ether oxygens (including phenoxy) is 1. The molecule has 35 heavy (non-hydrogen) atoms. The number of aliphatic hydroxyl groups is 2. The summed E-state index contributed by atoms with van der Waals surface area (Å²) in [5.74, 6) is -0.907. The van der Waals surface area contributed by atoms with Gasteiger partial charge in [-0.15, -0.1) is 11.3 Å². The number of fused-ring (bicyclic) bond motifs is 1. The van der Waals surface area contributed by atoms with Crippen LogP contribution in [0.5, 0.6) is 0 Å². The first-order valence-corrected chi connectivity index (χ1v) is 13.3. The quantitative estimate of drug-likeness (QED) is 0.220. The Labute approximate surface area is 216 Å². The third-order valence-electron chi connectivity index (χ3n) is 6.90. The largest absolute Gasteiger partial charge is 0.469 e. The van der Waals surface area contributed by atoms with Gasteiger partial charge in [-0.2, -0.15) is 0 Å². The Morgan fingerprint density at radius 3 is 2.74 bits per heavy atom. The van der Waals surface area contributed by atoms with Crippen molar-refractivity contribution in [2.75, 3.05) is 7.11 Å². The van der Waals surface area contributed by atoms with E-state index in [1.807, 2.05) is 42.5 Å². The standard InChI is InChI=1S/C28H35ClO5S/c1-28(2)26(32)19(10-6-4-5-7-13-24(31)34-3)20(27(28)33)16-14-18(30)15-17-23-25(29)21-11-8-9-12-22(21)35-23/h4,6,8-9,11-12,14,16,18-20,27,30,33H,5,7,10,13,15,17H2,1-3H3/b6-4+,16-14+/t18?,19-,20-,27+/m1/s1. The van der Waals surface area contributed by atoms with Gasteiger partial charge in [0.05, 0.1) is 29.8 Å². The number of hydrogen-bond acceptors (Lipinski definition) is 6. The Hall–Kier alpha value is -1.99. The molecule has 0 bridgehead atoms. The molecule has 4 atom stereocenters. The number of Topliss-reactive ketones (excluding diaryl/α,β-unsaturated/α-hetero) is 1. The van der Waals surface area contributed by atoms with Crippen LogP contribution in [0.4, 0.5) is 0 Å². The molecule has 7 heteroatoms. The lowest BCUT2D eigenvalue weighted by Gasteiger charge is -2.22. The average Bonchev–Trinajstić information content (AvgIpc) is 3.25. The summed E-state index contributed by atoms with van der Waals surface area (Å²) in [6.45, 7) is 3.56. The van der Waals surface area contributed by atoms with Gasteiger partial charge in [-0.3, -0.25) is 9.59 Å². The lowest BCUT2D eigenvalue weighted by molar-refractivity contribution is -0.140. The zero-order valence-corrected chi connectivity index (χ0v) is 22.1. The van der Waals surface area contributed by atoms with E-state index in [-0.39, 0.29) is 23.6 Å². The Bertz CT molecular complexity index is 1090. The van der Waals surface area contributed by atoms with Crippen molar-refractivity contribution in [2.24, 2.45) is 17.3 Å². The summed E-state index contributed by atoms with van der Waals surface area (Å²) >= 11 is 8.16. The van der Waals surface area contributed by atoms with Gasteiger partial charge >= 0.3 is 5.97 Å². The molecule has 1 aromatic carbocycles. The smallest absolute Gasteiger partial charge is 0.305 e. The van der Waals surface area contributed by atoms with Crippen LogP contribution in [0.15, 0.2) is 48.6 Å². The number of thiophene rings is 1. The van der Waals surface area contributed by atoms with Crippen LogP contribution in [0.2, 0.25) is 5.02 Å². The van der Waals surface area contributed by atoms with E-state index in [1.54, 1.807) is 31.3 Å². The second kappa shape index (κ2) is 12.3. The zero-order chi connectivity index (χ0) is 25.6. The molecule has 1 saturated carbocycles. The van der Waals surface area contributed by atoms with Gasteiger partial charge in [-0.05, 0) is 38.2 Å². The molecule has 1 heterocycles. The summed E-state index contributed by atoms with van der Waals surface area (Å²) in [7, 11) is 1.38. The van der Waals surface area contributed by atoms with E-state index < -0.39 is 17.6 Å². The third kappa shape index (κ3) is 6.62. The molecule has 1 aromatic heterocycles. The summed E-state index contributed by atoms with van der Waals surface area (Å²) < 4.78 is 5.77. The molecular weight excluding hydrogens is 484 g/mol. The van der Waals surface area contributed by atoms with E-state index in [9.17, 15) is 19.8 Å². The summed E-state index contributed by atoms with van der Waals surface area (Å²) in [5, 5.41) is 23.3. The van der Waals surface area contributed by atoms with Gasteiger partial charge in [0.1, 0.15) is 5.78 Å². The van der Waals surface area contributed by atoms with Crippen LogP contribution >= 0.6 is 22.9 Å². The van der Waals surface area contributed by atoms with E-state index in [2.05, 4.69) is 4.74 Å². The molecule has 0 amide bonds. The molecule has 1 aliphatic carbocycles. The number of aliphatic hydroxyl groups excluding tert-OH is 2. The first-order chi connectivity index (χ1) is 16.7. The number of rotatable bonds is 11. The molecule has 3 rings (SSSR count). The number of carbonyl (C=O) groups is 2. The SMILES string of the molecule is COC(=O)CCC/C=C/C[C@H]1C(=O)C(C)(C)[C@@H](O)[C@@H]1/C=C/C(O)CCc1sc2ccccc2c1Cl. The number of benzene rings is 1. The molecule has 2 aromatic rings. The van der Waals surface area contributed by atoms with E-state index in [1.165, 1.54) is 7.11 Å². The number of hydrogen-bond donors (Lipinski definition) is 2. The maximum Gasteiger partial charge on any atom is 0.305 e. The van der Waals surface area contributed by atoms with E-state index in [4.69, 9.17) is 11.6 Å². The molecule has 2 N–H and O–H groups in total. The molecule has 0 saturated heterocycles. The molecule has 190 valence electrons. The fraction of sp³-hybridized carbons (Fsp3) is 0.500. The Balaban J connectivity index is 1.59. The van der Waals surface area contributed by atoms with Crippen molar-refractivity contribution >= 4 is 44.8 Å². The minimum absolute atomic E-state index is 0.0328. The van der Waals surface area contributed by atoms with Gasteiger partial charge in [0.15, 0.2) is 0 Å². The number of ketones is 1. The number of esters is 1. The van der Waals surface area contributed by atoms with Gasteiger partial charge < -0.3 is 14.9 Å². The summed E-state index contributed by atoms with van der Waals surface area (Å²) in [5.41, 5.74) is -0.839. The number of aryl methyl sites for hydroxylation is 1. The Kier molecular flexibility index (Phi) is 9.70. The molecule has 0 spiro atoms. The highest BCUT2D eigenvalue weighted by molar-refractivity contribution is 7.19. The van der Waals surface area contributed by atoms with Crippen molar-refractivity contribution < 1.29 is 24.5 Å². The van der Waals surface area contributed by atoms with Crippen molar-refractivity contribution in [1.29, 1.82) is 0 Å². The van der Waals surface area contributed by atoms with Crippen LogP contribution in [0.1, 0.15) is 50.8 Å². The van der Waals surface area contributed by atoms with Crippen molar-refractivity contribution in [1.82, 2.24) is 0 Å². The van der Waals surface area contributed by atoms with Gasteiger partial charge in [-0.25, -0.2) is 0 Å². The van der Waals surface area contributed by atoms with Crippen molar-refractivity contribution in [3.05, 3.63) is 58.5 Å². The highest BCUT2D eigenvalue weighted by Crippen LogP contribution is 2.45. The van der Waals surface area contributed by atoms with Crippen LogP contribution in [-0.2, 0) is 20.7 Å². The lowest BCUT2D eigenvalue weighted by atomic mass is 9.86. The zero-order valence-electron chi connectivity index (χ0n) is 20.6. The molecule has 1 aliphatic rings.